The zero-order valence-electron chi connectivity index (χ0n) is 9.70. The lowest BCUT2D eigenvalue weighted by atomic mass is 10.2. The van der Waals surface area contributed by atoms with Crippen molar-refractivity contribution in [1.29, 1.82) is 0 Å². The fourth-order valence-electron chi connectivity index (χ4n) is 1.57. The van der Waals surface area contributed by atoms with Crippen LogP contribution in [0.2, 0.25) is 5.02 Å². The first-order valence-corrected chi connectivity index (χ1v) is 6.45. The maximum absolute atomic E-state index is 11.5. The van der Waals surface area contributed by atoms with Gasteiger partial charge in [-0.25, -0.2) is 4.79 Å². The Morgan fingerprint density at radius 3 is 3.00 bits per heavy atom. The summed E-state index contributed by atoms with van der Waals surface area (Å²) in [6.45, 7) is 0. The van der Waals surface area contributed by atoms with E-state index in [1.807, 2.05) is 12.1 Å². The lowest BCUT2D eigenvalue weighted by Crippen LogP contribution is -2.07. The number of carbonyl (C=O) groups excluding carboxylic acids is 1. The van der Waals surface area contributed by atoms with E-state index in [1.54, 1.807) is 12.1 Å². The van der Waals surface area contributed by atoms with Gasteiger partial charge in [-0.2, -0.15) is 9.61 Å². The average Bonchev–Trinajstić information content (AvgIpc) is 2.97. The predicted octanol–water partition coefficient (Wildman–Crippen LogP) is 2.29. The maximum Gasteiger partial charge on any atom is 0.378 e. The first-order valence-electron chi connectivity index (χ1n) is 5.25. The first-order chi connectivity index (χ1) is 9.19. The Morgan fingerprint density at radius 2 is 2.26 bits per heavy atom. The third-order valence-electron chi connectivity index (χ3n) is 2.43. The van der Waals surface area contributed by atoms with Crippen molar-refractivity contribution in [2.45, 2.75) is 0 Å². The summed E-state index contributed by atoms with van der Waals surface area (Å²) in [7, 11) is 1.29. The molecule has 0 saturated carbocycles. The van der Waals surface area contributed by atoms with Crippen LogP contribution >= 0.6 is 22.9 Å². The highest BCUT2D eigenvalue weighted by Gasteiger charge is 2.19. The third-order valence-corrected chi connectivity index (χ3v) is 3.61. The minimum atomic E-state index is -0.574. The van der Waals surface area contributed by atoms with Gasteiger partial charge in [-0.05, 0) is 12.1 Å². The lowest BCUT2D eigenvalue weighted by molar-refractivity contribution is 0.0584. The van der Waals surface area contributed by atoms with E-state index in [0.29, 0.717) is 15.0 Å². The van der Waals surface area contributed by atoms with E-state index < -0.39 is 5.97 Å². The summed E-state index contributed by atoms with van der Waals surface area (Å²) in [6.07, 6.45) is 0. The molecule has 3 rings (SSSR count). The van der Waals surface area contributed by atoms with Crippen molar-refractivity contribution in [3.8, 4) is 10.6 Å². The summed E-state index contributed by atoms with van der Waals surface area (Å²) in [6, 6.07) is 7.30. The molecule has 2 heterocycles. The molecule has 0 aliphatic heterocycles. The molecule has 8 heteroatoms. The molecule has 96 valence electrons. The largest absolute Gasteiger partial charge is 0.463 e. The standard InChI is InChI=1S/C11H7ClN4O2S/c1-18-10(17)8-13-14-11-16(8)15-9(19-11)6-3-2-4-7(12)5-6/h2-5H,1H3. The summed E-state index contributed by atoms with van der Waals surface area (Å²) < 4.78 is 5.99. The number of halogens is 1. The van der Waals surface area contributed by atoms with Crippen LogP contribution in [0.4, 0.5) is 0 Å². The highest BCUT2D eigenvalue weighted by Crippen LogP contribution is 2.27. The SMILES string of the molecule is COC(=O)c1nnc2sc(-c3cccc(Cl)c3)nn12. The summed E-state index contributed by atoms with van der Waals surface area (Å²) >= 11 is 7.26. The van der Waals surface area contributed by atoms with Crippen molar-refractivity contribution >= 4 is 33.9 Å². The minimum Gasteiger partial charge on any atom is -0.463 e. The molecule has 3 aromatic rings. The summed E-state index contributed by atoms with van der Waals surface area (Å²) in [5, 5.41) is 13.3. The van der Waals surface area contributed by atoms with Crippen LogP contribution in [0.25, 0.3) is 15.5 Å². The number of ether oxygens (including phenoxy) is 1. The molecule has 2 aromatic heterocycles. The highest BCUT2D eigenvalue weighted by atomic mass is 35.5. The van der Waals surface area contributed by atoms with Gasteiger partial charge >= 0.3 is 5.97 Å². The van der Waals surface area contributed by atoms with E-state index >= 15 is 0 Å². The Hall–Kier alpha value is -1.99. The van der Waals surface area contributed by atoms with Crippen LogP contribution in [-0.2, 0) is 4.74 Å². The number of rotatable bonds is 2. The fraction of sp³-hybridized carbons (Fsp3) is 0.0909. The second-order valence-electron chi connectivity index (χ2n) is 3.63. The molecule has 0 bridgehead atoms. The summed E-state index contributed by atoms with van der Waals surface area (Å²) in [5.41, 5.74) is 0.860. The number of hydrogen-bond donors (Lipinski definition) is 0. The van der Waals surface area contributed by atoms with Crippen LogP contribution < -0.4 is 0 Å². The molecule has 0 N–H and O–H groups in total. The normalized spacial score (nSPS) is 10.8. The molecule has 0 radical (unpaired) electrons. The van der Waals surface area contributed by atoms with Crippen LogP contribution in [0.1, 0.15) is 10.6 Å². The molecule has 0 aliphatic rings. The molecule has 6 nitrogen and oxygen atoms in total. The summed E-state index contributed by atoms with van der Waals surface area (Å²) in [4.78, 5) is 12.0. The van der Waals surface area contributed by atoms with E-state index in [4.69, 9.17) is 11.6 Å². The molecule has 0 unspecified atom stereocenters. The maximum atomic E-state index is 11.5. The second kappa shape index (κ2) is 4.60. The molecule has 0 atom stereocenters. The third kappa shape index (κ3) is 2.06. The van der Waals surface area contributed by atoms with Crippen molar-refractivity contribution in [1.82, 2.24) is 19.8 Å². The number of fused-ring (bicyclic) bond motifs is 1. The number of hydrogen-bond acceptors (Lipinski definition) is 6. The molecule has 19 heavy (non-hydrogen) atoms. The Kier molecular flexibility index (Phi) is 2.92. The molecular formula is C11H7ClN4O2S. The van der Waals surface area contributed by atoms with Crippen LogP contribution in [-0.4, -0.2) is 32.9 Å². The van der Waals surface area contributed by atoms with Gasteiger partial charge in [-0.3, -0.25) is 0 Å². The Bertz CT molecular complexity index is 767. The topological polar surface area (TPSA) is 69.4 Å². The molecular weight excluding hydrogens is 288 g/mol. The van der Waals surface area contributed by atoms with Crippen LogP contribution in [0, 0.1) is 0 Å². The van der Waals surface area contributed by atoms with Gasteiger partial charge in [-0.1, -0.05) is 35.1 Å². The summed E-state index contributed by atoms with van der Waals surface area (Å²) in [5.74, 6) is -0.516. The second-order valence-corrected chi connectivity index (χ2v) is 5.02. The smallest absolute Gasteiger partial charge is 0.378 e. The first kappa shape index (κ1) is 12.1. The number of esters is 1. The van der Waals surface area contributed by atoms with Gasteiger partial charge in [0.1, 0.15) is 5.01 Å². The molecule has 1 aromatic carbocycles. The lowest BCUT2D eigenvalue weighted by Gasteiger charge is -1.96. The van der Waals surface area contributed by atoms with Gasteiger partial charge in [0.15, 0.2) is 0 Å². The predicted molar refractivity (Wildman–Crippen MR) is 70.4 cm³/mol. The Morgan fingerprint density at radius 1 is 1.42 bits per heavy atom. The minimum absolute atomic E-state index is 0.0574. The van der Waals surface area contributed by atoms with E-state index in [-0.39, 0.29) is 5.82 Å². The molecule has 0 spiro atoms. The number of nitrogens with zero attached hydrogens (tertiary/aromatic N) is 4. The van der Waals surface area contributed by atoms with Crippen molar-refractivity contribution in [2.24, 2.45) is 0 Å². The Labute approximate surface area is 116 Å². The average molecular weight is 295 g/mol. The van der Waals surface area contributed by atoms with E-state index in [0.717, 1.165) is 5.56 Å². The van der Waals surface area contributed by atoms with Gasteiger partial charge in [0.2, 0.25) is 4.96 Å². The quantitative estimate of drug-likeness (QED) is 0.678. The van der Waals surface area contributed by atoms with E-state index in [2.05, 4.69) is 20.0 Å². The highest BCUT2D eigenvalue weighted by molar-refractivity contribution is 7.19. The van der Waals surface area contributed by atoms with Gasteiger partial charge in [0.25, 0.3) is 5.82 Å². The van der Waals surface area contributed by atoms with Crippen molar-refractivity contribution < 1.29 is 9.53 Å². The zero-order valence-corrected chi connectivity index (χ0v) is 11.3. The Balaban J connectivity index is 2.12. The monoisotopic (exact) mass is 294 g/mol. The number of carbonyl (C=O) groups is 1. The van der Waals surface area contributed by atoms with Gasteiger partial charge in [-0.15, -0.1) is 10.2 Å². The van der Waals surface area contributed by atoms with Crippen molar-refractivity contribution in [3.63, 3.8) is 0 Å². The zero-order chi connectivity index (χ0) is 13.4. The fourth-order valence-corrected chi connectivity index (χ4v) is 2.60. The van der Waals surface area contributed by atoms with Crippen LogP contribution in [0.15, 0.2) is 24.3 Å². The van der Waals surface area contributed by atoms with Crippen LogP contribution in [0.5, 0.6) is 0 Å². The van der Waals surface area contributed by atoms with Crippen molar-refractivity contribution in [2.75, 3.05) is 7.11 Å². The van der Waals surface area contributed by atoms with Gasteiger partial charge in [0, 0.05) is 10.6 Å². The molecule has 0 saturated heterocycles. The number of aromatic nitrogens is 4. The van der Waals surface area contributed by atoms with E-state index in [9.17, 15) is 4.79 Å². The van der Waals surface area contributed by atoms with Crippen molar-refractivity contribution in [3.05, 3.63) is 35.1 Å². The number of benzene rings is 1. The molecule has 0 amide bonds. The van der Waals surface area contributed by atoms with Gasteiger partial charge < -0.3 is 4.74 Å². The molecule has 0 fully saturated rings. The number of methoxy groups -OCH3 is 1. The van der Waals surface area contributed by atoms with E-state index in [1.165, 1.54) is 23.0 Å². The molecule has 0 aliphatic carbocycles. The van der Waals surface area contributed by atoms with Gasteiger partial charge in [0.05, 0.1) is 7.11 Å². The van der Waals surface area contributed by atoms with Crippen LogP contribution in [0.3, 0.4) is 0 Å².